The molecule has 8 rings (SSSR count). The molecule has 0 fully saturated rings. The molecule has 0 atom stereocenters. The van der Waals surface area contributed by atoms with Crippen LogP contribution in [0, 0.1) is 0 Å². The summed E-state index contributed by atoms with van der Waals surface area (Å²) in [5.41, 5.74) is 11.7. The molecule has 3 aromatic rings. The third-order valence-corrected chi connectivity index (χ3v) is 11.4. The van der Waals surface area contributed by atoms with Crippen molar-refractivity contribution in [1.82, 2.24) is 14.6 Å². The summed E-state index contributed by atoms with van der Waals surface area (Å²) in [7, 11) is -6.92. The molecule has 0 saturated heterocycles. The number of unbranched alkanes of at least 4 members (excludes halogenated alkanes) is 2. The van der Waals surface area contributed by atoms with Gasteiger partial charge in [-0.2, -0.15) is 0 Å². The topological polar surface area (TPSA) is 131 Å². The van der Waals surface area contributed by atoms with Crippen molar-refractivity contribution in [3.8, 4) is 11.5 Å². The second-order valence-corrected chi connectivity index (χ2v) is 19.6. The number of benzene rings is 3. The maximum Gasteiger partial charge on any atom is 0.210 e. The molecule has 0 saturated carbocycles. The molecule has 10 nitrogen and oxygen atoms in total. The summed E-state index contributed by atoms with van der Waals surface area (Å²) in [5, 5.41) is 6.22. The van der Waals surface area contributed by atoms with Crippen LogP contribution in [0.4, 0.5) is 5.69 Å². The van der Waals surface area contributed by atoms with Gasteiger partial charge in [-0.3, -0.25) is 0 Å². The molecule has 0 unspecified atom stereocenters. The van der Waals surface area contributed by atoms with Crippen molar-refractivity contribution in [3.05, 3.63) is 86.4 Å². The number of aryl methyl sites for hydroxylation is 2. The summed E-state index contributed by atoms with van der Waals surface area (Å²) in [6.45, 7) is 12.7. The molecule has 5 heterocycles. The Morgan fingerprint density at radius 3 is 2.11 bits per heavy atom. The van der Waals surface area contributed by atoms with E-state index < -0.39 is 20.1 Å². The fourth-order valence-corrected chi connectivity index (χ4v) is 9.09. The Morgan fingerprint density at radius 1 is 0.796 bits per heavy atom. The van der Waals surface area contributed by atoms with Gasteiger partial charge in [0.15, 0.2) is 0 Å². The van der Waals surface area contributed by atoms with Crippen LogP contribution in [-0.2, 0) is 45.8 Å². The number of hydrogen-bond donors (Lipinski definition) is 2. The van der Waals surface area contributed by atoms with E-state index in [1.165, 1.54) is 126 Å². The first kappa shape index (κ1) is 40.4. The van der Waals surface area contributed by atoms with Gasteiger partial charge in [-0.15, -0.1) is 0 Å². The molecular formula is C42H58N4O6S2. The van der Waals surface area contributed by atoms with Crippen molar-refractivity contribution in [2.24, 2.45) is 0 Å². The predicted octanol–water partition coefficient (Wildman–Crippen LogP) is 4.38. The first-order valence-electron chi connectivity index (χ1n) is 19.7. The number of rotatable bonds is 8. The molecule has 3 aromatic carbocycles. The van der Waals surface area contributed by atoms with Crippen LogP contribution in [0.25, 0.3) is 5.57 Å². The number of fused-ring (bicyclic) bond motifs is 4. The largest absolute Gasteiger partial charge is 0.748 e. The predicted molar refractivity (Wildman–Crippen MR) is 217 cm³/mol. The van der Waals surface area contributed by atoms with E-state index in [0.717, 1.165) is 50.1 Å². The molecular weight excluding hydrogens is 721 g/mol. The Labute approximate surface area is 322 Å². The number of ether oxygens (including phenoxy) is 1. The fraction of sp³-hybridized carbons (Fsp3) is 0.548. The highest BCUT2D eigenvalue weighted by Gasteiger charge is 2.35. The van der Waals surface area contributed by atoms with E-state index in [1.54, 1.807) is 0 Å². The van der Waals surface area contributed by atoms with Crippen LogP contribution in [0.5, 0.6) is 11.5 Å². The highest BCUT2D eigenvalue weighted by Crippen LogP contribution is 2.48. The van der Waals surface area contributed by atoms with Gasteiger partial charge in [-0.05, 0) is 102 Å². The first-order chi connectivity index (χ1) is 25.6. The molecule has 0 radical (unpaired) electrons. The molecule has 0 bridgehead atoms. The van der Waals surface area contributed by atoms with Crippen LogP contribution in [0.2, 0.25) is 0 Å². The van der Waals surface area contributed by atoms with Gasteiger partial charge in [-0.1, -0.05) is 36.8 Å². The lowest BCUT2D eigenvalue weighted by Gasteiger charge is -2.39. The molecule has 0 aromatic heterocycles. The van der Waals surface area contributed by atoms with E-state index in [4.69, 9.17) is 17.7 Å². The second kappa shape index (κ2) is 16.8. The molecule has 54 heavy (non-hydrogen) atoms. The smallest absolute Gasteiger partial charge is 0.210 e. The Kier molecular flexibility index (Phi) is 12.6. The lowest BCUT2D eigenvalue weighted by Crippen LogP contribution is -2.45. The van der Waals surface area contributed by atoms with Gasteiger partial charge < -0.3 is 19.5 Å². The maximum atomic E-state index is 10.7. The van der Waals surface area contributed by atoms with Gasteiger partial charge in [0.25, 0.3) is 0 Å². The van der Waals surface area contributed by atoms with Crippen LogP contribution in [0.1, 0.15) is 99.1 Å². The van der Waals surface area contributed by atoms with E-state index in [-0.39, 0.29) is 5.54 Å². The van der Waals surface area contributed by atoms with Crippen LogP contribution < -0.4 is 34.8 Å². The van der Waals surface area contributed by atoms with Gasteiger partial charge in [0.05, 0.1) is 21.9 Å². The fourth-order valence-electron chi connectivity index (χ4n) is 8.58. The SMILES string of the molecule is CC(C)(C)NCCCCCNS(C)(=O)=O.CS(=O)(=O)[O-].c1ccc(C2=c3cc4c5c(c3Oc3c2cc2c6c3CCCN6CCC2)CCC[N+]=5CCC4)cc1. The zero-order valence-corrected chi connectivity index (χ0v) is 34.4. The molecule has 0 amide bonds. The Bertz CT molecular complexity index is 2180. The highest BCUT2D eigenvalue weighted by molar-refractivity contribution is 7.88. The van der Waals surface area contributed by atoms with Gasteiger partial charge in [0.2, 0.25) is 15.4 Å². The van der Waals surface area contributed by atoms with Gasteiger partial charge in [0, 0.05) is 77.4 Å². The first-order valence-corrected chi connectivity index (χ1v) is 23.4. The van der Waals surface area contributed by atoms with Crippen molar-refractivity contribution >= 4 is 31.4 Å². The molecule has 2 N–H and O–H groups in total. The molecule has 294 valence electrons. The minimum atomic E-state index is -3.92. The third kappa shape index (κ3) is 10.1. The minimum absolute atomic E-state index is 0.172. The summed E-state index contributed by atoms with van der Waals surface area (Å²) in [6.07, 6.45) is 14.4. The molecule has 5 aliphatic rings. The summed E-state index contributed by atoms with van der Waals surface area (Å²) in [4.78, 5) is 2.64. The molecule has 0 spiro atoms. The van der Waals surface area contributed by atoms with Crippen LogP contribution in [-0.4, -0.2) is 78.7 Å². The molecule has 0 aliphatic carbocycles. The van der Waals surface area contributed by atoms with Crippen LogP contribution in [0.3, 0.4) is 0 Å². The number of anilines is 1. The van der Waals surface area contributed by atoms with E-state index in [9.17, 15) is 8.42 Å². The quantitative estimate of drug-likeness (QED) is 0.153. The minimum Gasteiger partial charge on any atom is -0.748 e. The Morgan fingerprint density at radius 2 is 1.43 bits per heavy atom. The van der Waals surface area contributed by atoms with Gasteiger partial charge in [0.1, 0.15) is 24.6 Å². The number of nitrogens with one attached hydrogen (secondary N) is 2. The van der Waals surface area contributed by atoms with E-state index in [0.29, 0.717) is 12.8 Å². The van der Waals surface area contributed by atoms with Crippen molar-refractivity contribution in [2.75, 3.05) is 56.7 Å². The van der Waals surface area contributed by atoms with Gasteiger partial charge in [-0.25, -0.2) is 26.1 Å². The Balaban J connectivity index is 0.000000210. The maximum absolute atomic E-state index is 10.7. The Hall–Kier alpha value is -3.29. The van der Waals surface area contributed by atoms with E-state index in [1.807, 2.05) is 0 Å². The van der Waals surface area contributed by atoms with Crippen molar-refractivity contribution < 1.29 is 26.1 Å². The van der Waals surface area contributed by atoms with E-state index in [2.05, 4.69) is 82.8 Å². The van der Waals surface area contributed by atoms with Crippen LogP contribution >= 0.6 is 0 Å². The van der Waals surface area contributed by atoms with Crippen molar-refractivity contribution in [3.63, 3.8) is 0 Å². The summed E-state index contributed by atoms with van der Waals surface area (Å²) in [6, 6.07) is 16.1. The lowest BCUT2D eigenvalue weighted by atomic mass is 9.83. The summed E-state index contributed by atoms with van der Waals surface area (Å²) in [5.74, 6) is 2.31. The normalized spacial score (nSPS) is 17.0. The lowest BCUT2D eigenvalue weighted by molar-refractivity contribution is 0.417. The molecule has 5 aliphatic heterocycles. The average Bonchev–Trinajstić information content (AvgIpc) is 3.10. The van der Waals surface area contributed by atoms with Crippen molar-refractivity contribution in [1.29, 1.82) is 0 Å². The average molecular weight is 779 g/mol. The molecule has 12 heteroatoms. The zero-order valence-electron chi connectivity index (χ0n) is 32.7. The number of sulfonamides is 1. The third-order valence-electron chi connectivity index (χ3n) is 10.6. The monoisotopic (exact) mass is 778 g/mol. The van der Waals surface area contributed by atoms with Gasteiger partial charge >= 0.3 is 0 Å². The summed E-state index contributed by atoms with van der Waals surface area (Å²) >= 11 is 0. The standard InChI is InChI=1S/C31H31N2O.C10H24N2O2S.CH4O3S/c1-2-8-20(9-3-1)27-25-18-21-10-4-14-32-16-6-12-23(28(21)32)30(25)34-31-24-13-7-17-33-15-5-11-22(29(24)33)19-26(27)31;1-10(2,3)11-8-6-5-7-9-12-15(4,13)14;1-5(2,3)4/h1-3,8-9,18-19H,4-7,10-17H2;11-12H,5-9H2,1-4H3;1H3,(H,2,3,4)/q+1;;/p-1. The highest BCUT2D eigenvalue weighted by atomic mass is 32.2. The van der Waals surface area contributed by atoms with E-state index >= 15 is 0 Å². The van der Waals surface area contributed by atoms with Crippen molar-refractivity contribution in [2.45, 2.75) is 96.9 Å². The number of nitrogens with zero attached hydrogens (tertiary/aromatic N) is 2. The number of hydrogen-bond acceptors (Lipinski definition) is 8. The van der Waals surface area contributed by atoms with Crippen LogP contribution in [0.15, 0.2) is 42.5 Å². The second-order valence-electron chi connectivity index (χ2n) is 16.3. The summed E-state index contributed by atoms with van der Waals surface area (Å²) < 4.78 is 60.9. The zero-order chi connectivity index (χ0) is 38.7.